The monoisotopic (exact) mass is 227 g/mol. The molecule has 0 radical (unpaired) electrons. The Morgan fingerprint density at radius 2 is 1.44 bits per heavy atom. The van der Waals surface area contributed by atoms with Gasteiger partial charge in [0, 0.05) is 17.0 Å². The molecule has 16 heavy (non-hydrogen) atoms. The molecule has 1 atom stereocenters. The molecule has 1 unspecified atom stereocenters. The Kier molecular flexibility index (Phi) is 5.67. The average Bonchev–Trinajstić information content (AvgIpc) is 1.97. The van der Waals surface area contributed by atoms with Crippen molar-refractivity contribution < 1.29 is 4.79 Å². The Bertz CT molecular complexity index is 219. The van der Waals surface area contributed by atoms with E-state index >= 15 is 0 Å². The van der Waals surface area contributed by atoms with Gasteiger partial charge in [0.05, 0.1) is 0 Å². The van der Waals surface area contributed by atoms with Crippen LogP contribution in [0.3, 0.4) is 0 Å². The maximum atomic E-state index is 10.7. The van der Waals surface area contributed by atoms with Gasteiger partial charge in [-0.1, -0.05) is 20.8 Å². The van der Waals surface area contributed by atoms with Crippen LogP contribution in [0, 0.1) is 11.8 Å². The second-order valence-corrected chi connectivity index (χ2v) is 6.81. The molecule has 96 valence electrons. The van der Waals surface area contributed by atoms with Crippen molar-refractivity contribution in [1.82, 2.24) is 5.32 Å². The average molecular weight is 227 g/mol. The Hall–Kier alpha value is -0.370. The molecule has 0 spiro atoms. The summed E-state index contributed by atoms with van der Waals surface area (Å²) in [5, 5.41) is 3.67. The molecule has 0 saturated heterocycles. The fourth-order valence-electron chi connectivity index (χ4n) is 2.89. The van der Waals surface area contributed by atoms with Crippen molar-refractivity contribution in [2.24, 2.45) is 11.8 Å². The molecule has 0 aliphatic carbocycles. The van der Waals surface area contributed by atoms with Crippen LogP contribution in [0.5, 0.6) is 0 Å². The molecule has 0 heterocycles. The lowest BCUT2D eigenvalue weighted by Gasteiger charge is -2.39. The van der Waals surface area contributed by atoms with Crippen LogP contribution in [0.1, 0.15) is 61.3 Å². The van der Waals surface area contributed by atoms with Crippen LogP contribution >= 0.6 is 0 Å². The molecule has 0 aliphatic rings. The van der Waals surface area contributed by atoms with Gasteiger partial charge in [-0.2, -0.15) is 0 Å². The normalized spacial score (nSPS) is 15.2. The van der Waals surface area contributed by atoms with E-state index in [0.29, 0.717) is 5.92 Å². The number of rotatable bonds is 7. The molecule has 1 N–H and O–H groups in total. The molecule has 0 aliphatic heterocycles. The first-order valence-electron chi connectivity index (χ1n) is 6.32. The van der Waals surface area contributed by atoms with E-state index in [9.17, 15) is 4.79 Å². The van der Waals surface area contributed by atoms with Crippen LogP contribution in [0.25, 0.3) is 0 Å². The first kappa shape index (κ1) is 15.6. The molecule has 0 rings (SSSR count). The minimum Gasteiger partial charge on any atom is -0.307 e. The van der Waals surface area contributed by atoms with Gasteiger partial charge < -0.3 is 10.1 Å². The fourth-order valence-corrected chi connectivity index (χ4v) is 2.89. The number of hydrogen-bond donors (Lipinski definition) is 1. The smallest absolute Gasteiger partial charge is 0.122 e. The quantitative estimate of drug-likeness (QED) is 0.675. The van der Waals surface area contributed by atoms with Crippen LogP contribution in [0.4, 0.5) is 0 Å². The highest BCUT2D eigenvalue weighted by atomic mass is 16.1. The Labute approximate surface area is 101 Å². The van der Waals surface area contributed by atoms with Crippen molar-refractivity contribution in [3.05, 3.63) is 0 Å². The number of carbonyl (C=O) groups excluding carboxylic acids is 1. The summed E-state index contributed by atoms with van der Waals surface area (Å²) >= 11 is 0. The van der Waals surface area contributed by atoms with Crippen molar-refractivity contribution in [1.29, 1.82) is 0 Å². The van der Waals surface area contributed by atoms with Crippen LogP contribution in [0.15, 0.2) is 0 Å². The maximum absolute atomic E-state index is 10.7. The summed E-state index contributed by atoms with van der Waals surface area (Å²) in [6.07, 6.45) is 3.07. The third-order valence-electron chi connectivity index (χ3n) is 2.66. The molecular weight excluding hydrogens is 198 g/mol. The SMILES string of the molecule is CC(C)CC(C)(C)NC(C)(C)CC(C)C=O. The number of nitrogens with one attached hydrogen (secondary N) is 1. The minimum atomic E-state index is 0.0126. The van der Waals surface area contributed by atoms with Crippen molar-refractivity contribution in [2.45, 2.75) is 72.4 Å². The Morgan fingerprint density at radius 1 is 1.00 bits per heavy atom. The third kappa shape index (κ3) is 7.00. The molecule has 0 aromatic heterocycles. The van der Waals surface area contributed by atoms with E-state index in [4.69, 9.17) is 0 Å². The summed E-state index contributed by atoms with van der Waals surface area (Å²) in [6, 6.07) is 0. The summed E-state index contributed by atoms with van der Waals surface area (Å²) in [4.78, 5) is 10.7. The van der Waals surface area contributed by atoms with E-state index in [2.05, 4.69) is 46.9 Å². The zero-order valence-electron chi connectivity index (χ0n) is 12.1. The lowest BCUT2D eigenvalue weighted by Crippen LogP contribution is -2.53. The molecule has 2 nitrogen and oxygen atoms in total. The van der Waals surface area contributed by atoms with E-state index in [0.717, 1.165) is 19.1 Å². The van der Waals surface area contributed by atoms with Crippen molar-refractivity contribution >= 4 is 6.29 Å². The standard InChI is InChI=1S/C14H29NO/c1-11(2)8-13(4,5)15-14(6,7)9-12(3)10-16/h10-12,15H,8-9H2,1-7H3. The van der Waals surface area contributed by atoms with Gasteiger partial charge in [-0.25, -0.2) is 0 Å². The van der Waals surface area contributed by atoms with Gasteiger partial charge in [-0.3, -0.25) is 0 Å². The Balaban J connectivity index is 4.38. The third-order valence-corrected chi connectivity index (χ3v) is 2.66. The summed E-state index contributed by atoms with van der Waals surface area (Å²) in [5.74, 6) is 0.805. The van der Waals surface area contributed by atoms with Crippen molar-refractivity contribution in [3.8, 4) is 0 Å². The molecule has 0 aromatic carbocycles. The predicted molar refractivity (Wildman–Crippen MR) is 70.6 cm³/mol. The predicted octanol–water partition coefficient (Wildman–Crippen LogP) is 3.40. The van der Waals surface area contributed by atoms with Gasteiger partial charge in [-0.05, 0) is 46.5 Å². The van der Waals surface area contributed by atoms with E-state index in [1.54, 1.807) is 0 Å². The lowest BCUT2D eigenvalue weighted by molar-refractivity contribution is -0.111. The zero-order chi connectivity index (χ0) is 13.0. The van der Waals surface area contributed by atoms with E-state index in [-0.39, 0.29) is 17.0 Å². The lowest BCUT2D eigenvalue weighted by atomic mass is 9.86. The van der Waals surface area contributed by atoms with E-state index in [1.165, 1.54) is 0 Å². The van der Waals surface area contributed by atoms with Crippen LogP contribution in [-0.4, -0.2) is 17.4 Å². The van der Waals surface area contributed by atoms with Gasteiger partial charge in [-0.15, -0.1) is 0 Å². The highest BCUT2D eigenvalue weighted by Crippen LogP contribution is 2.23. The topological polar surface area (TPSA) is 29.1 Å². The van der Waals surface area contributed by atoms with Crippen LogP contribution in [-0.2, 0) is 4.79 Å². The van der Waals surface area contributed by atoms with Gasteiger partial charge in [0.1, 0.15) is 6.29 Å². The van der Waals surface area contributed by atoms with E-state index < -0.39 is 0 Å². The number of hydrogen-bond acceptors (Lipinski definition) is 2. The molecule has 0 saturated carbocycles. The number of carbonyl (C=O) groups is 1. The molecule has 0 fully saturated rings. The first-order valence-corrected chi connectivity index (χ1v) is 6.32. The Morgan fingerprint density at radius 3 is 1.81 bits per heavy atom. The second kappa shape index (κ2) is 5.81. The minimum absolute atomic E-state index is 0.0126. The van der Waals surface area contributed by atoms with Crippen LogP contribution in [0.2, 0.25) is 0 Å². The summed E-state index contributed by atoms with van der Waals surface area (Å²) < 4.78 is 0. The fraction of sp³-hybridized carbons (Fsp3) is 0.929. The highest BCUT2D eigenvalue weighted by molar-refractivity contribution is 5.52. The largest absolute Gasteiger partial charge is 0.307 e. The second-order valence-electron chi connectivity index (χ2n) is 6.81. The summed E-state index contributed by atoms with van der Waals surface area (Å²) in [6.45, 7) is 15.3. The molecular formula is C14H29NO. The summed E-state index contributed by atoms with van der Waals surface area (Å²) in [5.41, 5.74) is 0.138. The molecule has 0 amide bonds. The highest BCUT2D eigenvalue weighted by Gasteiger charge is 2.29. The van der Waals surface area contributed by atoms with Gasteiger partial charge >= 0.3 is 0 Å². The van der Waals surface area contributed by atoms with Crippen molar-refractivity contribution in [3.63, 3.8) is 0 Å². The number of aldehydes is 1. The van der Waals surface area contributed by atoms with Crippen LogP contribution < -0.4 is 5.32 Å². The first-order chi connectivity index (χ1) is 7.08. The molecule has 2 heteroatoms. The maximum Gasteiger partial charge on any atom is 0.122 e. The molecule has 0 bridgehead atoms. The van der Waals surface area contributed by atoms with Crippen molar-refractivity contribution in [2.75, 3.05) is 0 Å². The summed E-state index contributed by atoms with van der Waals surface area (Å²) in [7, 11) is 0. The van der Waals surface area contributed by atoms with E-state index in [1.807, 2.05) is 6.92 Å². The zero-order valence-corrected chi connectivity index (χ0v) is 12.1. The molecule has 0 aromatic rings. The van der Waals surface area contributed by atoms with Gasteiger partial charge in [0.2, 0.25) is 0 Å². The van der Waals surface area contributed by atoms with Gasteiger partial charge in [0.25, 0.3) is 0 Å². The van der Waals surface area contributed by atoms with Gasteiger partial charge in [0.15, 0.2) is 0 Å².